The molecule has 1 aliphatic carbocycles. The zero-order valence-electron chi connectivity index (χ0n) is 24.4. The summed E-state index contributed by atoms with van der Waals surface area (Å²) in [6, 6.07) is 10.5. The van der Waals surface area contributed by atoms with Crippen LogP contribution in [-0.4, -0.2) is 73.8 Å². The standard InChI is InChI=1S/C32H48N6O/c1-5-7-24(4)34-32-33-20-29-30(22-38(31(29)35-32)27-12-14-28(39)15-13-27)26-10-8-25(9-11-26)21-36-16-6-17-37(19-18-36)23(2)3/h8-11,20,22-24,27-28,39H,5-7,12-19,21H2,1-4H3,(H,33,34,35)/t24-,27-,28-/m0/s1. The molecular formula is C32H48N6O. The van der Waals surface area contributed by atoms with Crippen LogP contribution >= 0.6 is 0 Å². The number of nitrogens with one attached hydrogen (secondary N) is 1. The van der Waals surface area contributed by atoms with Crippen molar-refractivity contribution in [2.45, 2.75) is 103 Å². The molecule has 1 aromatic carbocycles. The Bertz CT molecular complexity index is 1200. The van der Waals surface area contributed by atoms with Crippen LogP contribution in [-0.2, 0) is 6.54 Å². The van der Waals surface area contributed by atoms with Gasteiger partial charge in [-0.3, -0.25) is 9.80 Å². The van der Waals surface area contributed by atoms with E-state index in [0.29, 0.717) is 24.1 Å². The molecule has 0 radical (unpaired) electrons. The van der Waals surface area contributed by atoms with Gasteiger partial charge in [0.25, 0.3) is 0 Å². The highest BCUT2D eigenvalue weighted by Gasteiger charge is 2.24. The zero-order valence-corrected chi connectivity index (χ0v) is 24.4. The number of aliphatic hydroxyl groups excluding tert-OH is 1. The van der Waals surface area contributed by atoms with E-state index in [0.717, 1.165) is 69.2 Å². The van der Waals surface area contributed by atoms with Crippen LogP contribution in [0.1, 0.15) is 84.2 Å². The predicted octanol–water partition coefficient (Wildman–Crippen LogP) is 6.09. The van der Waals surface area contributed by atoms with Crippen LogP contribution in [0.2, 0.25) is 0 Å². The Balaban J connectivity index is 1.38. The highest BCUT2D eigenvalue weighted by atomic mass is 16.3. The lowest BCUT2D eigenvalue weighted by Gasteiger charge is -2.27. The minimum Gasteiger partial charge on any atom is -0.393 e. The quantitative estimate of drug-likeness (QED) is 0.348. The van der Waals surface area contributed by atoms with Crippen molar-refractivity contribution in [1.82, 2.24) is 24.3 Å². The van der Waals surface area contributed by atoms with E-state index < -0.39 is 0 Å². The second-order valence-electron chi connectivity index (χ2n) is 12.1. The lowest BCUT2D eigenvalue weighted by atomic mass is 9.93. The normalized spacial score (nSPS) is 22.3. The molecule has 1 saturated carbocycles. The smallest absolute Gasteiger partial charge is 0.224 e. The Morgan fingerprint density at radius 2 is 1.77 bits per heavy atom. The maximum absolute atomic E-state index is 10.1. The van der Waals surface area contributed by atoms with E-state index in [2.05, 4.69) is 77.8 Å². The Morgan fingerprint density at radius 3 is 2.49 bits per heavy atom. The van der Waals surface area contributed by atoms with Crippen LogP contribution in [0, 0.1) is 0 Å². The van der Waals surface area contributed by atoms with Gasteiger partial charge >= 0.3 is 0 Å². The third-order valence-electron chi connectivity index (χ3n) is 8.75. The van der Waals surface area contributed by atoms with Crippen molar-refractivity contribution in [2.75, 3.05) is 31.5 Å². The number of nitrogens with zero attached hydrogens (tertiary/aromatic N) is 5. The predicted molar refractivity (Wildman–Crippen MR) is 161 cm³/mol. The summed E-state index contributed by atoms with van der Waals surface area (Å²) < 4.78 is 2.36. The van der Waals surface area contributed by atoms with Crippen LogP contribution in [0.3, 0.4) is 0 Å². The average molecular weight is 533 g/mol. The molecule has 2 fully saturated rings. The summed E-state index contributed by atoms with van der Waals surface area (Å²) in [7, 11) is 0. The van der Waals surface area contributed by atoms with E-state index in [9.17, 15) is 5.11 Å². The van der Waals surface area contributed by atoms with Crippen LogP contribution < -0.4 is 5.32 Å². The molecule has 2 aliphatic rings. The Morgan fingerprint density at radius 1 is 1.00 bits per heavy atom. The van der Waals surface area contributed by atoms with Gasteiger partial charge in [0.2, 0.25) is 5.95 Å². The van der Waals surface area contributed by atoms with Crippen molar-refractivity contribution in [3.05, 3.63) is 42.2 Å². The molecule has 1 atom stereocenters. The minimum atomic E-state index is -0.172. The van der Waals surface area contributed by atoms with Gasteiger partial charge in [-0.2, -0.15) is 4.98 Å². The third-order valence-corrected chi connectivity index (χ3v) is 8.75. The van der Waals surface area contributed by atoms with Gasteiger partial charge in [0.15, 0.2) is 0 Å². The van der Waals surface area contributed by atoms with Crippen LogP contribution in [0.25, 0.3) is 22.2 Å². The lowest BCUT2D eigenvalue weighted by molar-refractivity contribution is 0.111. The molecule has 0 bridgehead atoms. The van der Waals surface area contributed by atoms with Crippen molar-refractivity contribution in [3.63, 3.8) is 0 Å². The van der Waals surface area contributed by atoms with E-state index >= 15 is 0 Å². The van der Waals surface area contributed by atoms with Crippen molar-refractivity contribution >= 4 is 17.0 Å². The molecule has 0 unspecified atom stereocenters. The number of hydrogen-bond donors (Lipinski definition) is 2. The first-order chi connectivity index (χ1) is 18.9. The van der Waals surface area contributed by atoms with E-state index in [-0.39, 0.29) is 6.10 Å². The Hall–Kier alpha value is -2.48. The Kier molecular flexibility index (Phi) is 9.21. The SMILES string of the molecule is CCC[C@H](C)Nc1ncc2c(-c3ccc(CN4CCCN(C(C)C)CC4)cc3)cn([C@H]3CC[C@H](O)CC3)c2n1. The molecule has 7 heteroatoms. The van der Waals surface area contributed by atoms with E-state index in [1.54, 1.807) is 0 Å². The van der Waals surface area contributed by atoms with Crippen molar-refractivity contribution in [3.8, 4) is 11.1 Å². The van der Waals surface area contributed by atoms with Gasteiger partial charge in [0.05, 0.1) is 6.10 Å². The van der Waals surface area contributed by atoms with Gasteiger partial charge < -0.3 is 15.0 Å². The molecule has 5 rings (SSSR count). The molecule has 0 spiro atoms. The highest BCUT2D eigenvalue weighted by Crippen LogP contribution is 2.37. The summed E-state index contributed by atoms with van der Waals surface area (Å²) >= 11 is 0. The summed E-state index contributed by atoms with van der Waals surface area (Å²) in [4.78, 5) is 14.9. The lowest BCUT2D eigenvalue weighted by Crippen LogP contribution is -2.34. The zero-order chi connectivity index (χ0) is 27.4. The number of hydrogen-bond acceptors (Lipinski definition) is 6. The van der Waals surface area contributed by atoms with Crippen molar-refractivity contribution in [1.29, 1.82) is 0 Å². The first-order valence-corrected chi connectivity index (χ1v) is 15.3. The van der Waals surface area contributed by atoms with Gasteiger partial charge in [0, 0.05) is 61.1 Å². The number of aliphatic hydroxyl groups is 1. The van der Waals surface area contributed by atoms with E-state index in [1.165, 1.54) is 36.2 Å². The number of anilines is 1. The summed E-state index contributed by atoms with van der Waals surface area (Å²) in [6.07, 6.45) is 11.2. The molecule has 212 valence electrons. The van der Waals surface area contributed by atoms with Gasteiger partial charge in [-0.15, -0.1) is 0 Å². The van der Waals surface area contributed by atoms with Gasteiger partial charge in [0.1, 0.15) is 5.65 Å². The molecular weight excluding hydrogens is 484 g/mol. The molecule has 39 heavy (non-hydrogen) atoms. The first kappa shape index (κ1) is 28.1. The fraction of sp³-hybridized carbons (Fsp3) is 0.625. The number of rotatable bonds is 9. The van der Waals surface area contributed by atoms with E-state index in [1.807, 2.05) is 6.20 Å². The van der Waals surface area contributed by atoms with Crippen LogP contribution in [0.5, 0.6) is 0 Å². The molecule has 3 heterocycles. The van der Waals surface area contributed by atoms with Gasteiger partial charge in [-0.05, 0) is 83.5 Å². The third kappa shape index (κ3) is 6.82. The fourth-order valence-electron chi connectivity index (χ4n) is 6.38. The largest absolute Gasteiger partial charge is 0.393 e. The first-order valence-electron chi connectivity index (χ1n) is 15.3. The molecule has 7 nitrogen and oxygen atoms in total. The summed E-state index contributed by atoms with van der Waals surface area (Å²) in [5.74, 6) is 0.703. The number of benzene rings is 1. The molecule has 2 aromatic heterocycles. The van der Waals surface area contributed by atoms with Crippen LogP contribution in [0.15, 0.2) is 36.7 Å². The summed E-state index contributed by atoms with van der Waals surface area (Å²) in [5.41, 5.74) is 4.77. The monoisotopic (exact) mass is 532 g/mol. The summed E-state index contributed by atoms with van der Waals surface area (Å²) in [6.45, 7) is 14.7. The van der Waals surface area contributed by atoms with E-state index in [4.69, 9.17) is 9.97 Å². The highest BCUT2D eigenvalue weighted by molar-refractivity contribution is 5.94. The van der Waals surface area contributed by atoms with Crippen LogP contribution in [0.4, 0.5) is 5.95 Å². The second kappa shape index (κ2) is 12.8. The molecule has 0 amide bonds. The van der Waals surface area contributed by atoms with Crippen molar-refractivity contribution in [2.24, 2.45) is 0 Å². The van der Waals surface area contributed by atoms with Gasteiger partial charge in [-0.1, -0.05) is 37.6 Å². The molecule has 1 saturated heterocycles. The summed E-state index contributed by atoms with van der Waals surface area (Å²) in [5, 5.41) is 14.7. The topological polar surface area (TPSA) is 69.5 Å². The number of fused-ring (bicyclic) bond motifs is 1. The van der Waals surface area contributed by atoms with Gasteiger partial charge in [-0.25, -0.2) is 4.98 Å². The maximum atomic E-state index is 10.1. The Labute approximate surface area is 234 Å². The molecule has 3 aromatic rings. The average Bonchev–Trinajstić information content (AvgIpc) is 3.12. The minimum absolute atomic E-state index is 0.172. The molecule has 2 N–H and O–H groups in total. The second-order valence-corrected chi connectivity index (χ2v) is 12.1. The van der Waals surface area contributed by atoms with Crippen molar-refractivity contribution < 1.29 is 5.11 Å². The fourth-order valence-corrected chi connectivity index (χ4v) is 6.38. The molecule has 1 aliphatic heterocycles. The maximum Gasteiger partial charge on any atom is 0.224 e. The number of aromatic nitrogens is 3.